The first-order valence-corrected chi connectivity index (χ1v) is 6.63. The molecule has 0 aromatic carbocycles. The molecule has 0 radical (unpaired) electrons. The number of halogens is 2. The van der Waals surface area contributed by atoms with E-state index in [1.165, 1.54) is 0 Å². The number of nitrogens with two attached hydrogens (primary N) is 1. The lowest BCUT2D eigenvalue weighted by atomic mass is 9.90. The SMILES string of the molecule is CCC(CC)(CC)Nc1nc(N)c(Cl)cc1Cl. The van der Waals surface area contributed by atoms with E-state index < -0.39 is 0 Å². The summed E-state index contributed by atoms with van der Waals surface area (Å²) in [5, 5.41) is 4.28. The van der Waals surface area contributed by atoms with Crippen LogP contribution in [0, 0.1) is 0 Å². The number of hydrogen-bond donors (Lipinski definition) is 2. The van der Waals surface area contributed by atoms with Crippen LogP contribution in [0.15, 0.2) is 6.07 Å². The largest absolute Gasteiger partial charge is 0.382 e. The molecule has 1 rings (SSSR count). The van der Waals surface area contributed by atoms with Crippen molar-refractivity contribution in [1.29, 1.82) is 0 Å². The van der Waals surface area contributed by atoms with Crippen molar-refractivity contribution >= 4 is 34.8 Å². The molecule has 0 saturated carbocycles. The van der Waals surface area contributed by atoms with E-state index in [9.17, 15) is 0 Å². The molecular weight excluding hydrogens is 257 g/mol. The Morgan fingerprint density at radius 1 is 1.18 bits per heavy atom. The van der Waals surface area contributed by atoms with Gasteiger partial charge in [0.15, 0.2) is 0 Å². The summed E-state index contributed by atoms with van der Waals surface area (Å²) in [7, 11) is 0. The summed E-state index contributed by atoms with van der Waals surface area (Å²) >= 11 is 12.0. The monoisotopic (exact) mass is 275 g/mol. The first-order valence-electron chi connectivity index (χ1n) is 5.87. The summed E-state index contributed by atoms with van der Waals surface area (Å²) in [6.07, 6.45) is 3.00. The predicted molar refractivity (Wildman–Crippen MR) is 75.9 cm³/mol. The van der Waals surface area contributed by atoms with Gasteiger partial charge < -0.3 is 11.1 Å². The van der Waals surface area contributed by atoms with Crippen molar-refractivity contribution in [3.05, 3.63) is 16.1 Å². The van der Waals surface area contributed by atoms with Crippen LogP contribution >= 0.6 is 23.2 Å². The number of nitrogens with one attached hydrogen (secondary N) is 1. The molecule has 0 spiro atoms. The number of nitrogens with zero attached hydrogens (tertiary/aromatic N) is 1. The number of anilines is 2. The van der Waals surface area contributed by atoms with E-state index in [0.29, 0.717) is 21.7 Å². The molecule has 0 aliphatic heterocycles. The first-order chi connectivity index (χ1) is 7.98. The third-order valence-electron chi connectivity index (χ3n) is 3.37. The second-order valence-corrected chi connectivity index (χ2v) is 4.97. The Morgan fingerprint density at radius 2 is 1.71 bits per heavy atom. The number of hydrogen-bond acceptors (Lipinski definition) is 3. The summed E-state index contributed by atoms with van der Waals surface area (Å²) in [5.41, 5.74) is 5.70. The van der Waals surface area contributed by atoms with E-state index in [1.807, 2.05) is 0 Å². The number of rotatable bonds is 5. The molecular formula is C12H19Cl2N3. The minimum absolute atomic E-state index is 0.0108. The van der Waals surface area contributed by atoms with Gasteiger partial charge in [-0.25, -0.2) is 4.98 Å². The molecule has 17 heavy (non-hydrogen) atoms. The van der Waals surface area contributed by atoms with Gasteiger partial charge in [-0.15, -0.1) is 0 Å². The van der Waals surface area contributed by atoms with Gasteiger partial charge in [0, 0.05) is 5.54 Å². The average Bonchev–Trinajstić information content (AvgIpc) is 2.33. The third kappa shape index (κ3) is 3.17. The molecule has 0 bridgehead atoms. The topological polar surface area (TPSA) is 50.9 Å². The minimum atomic E-state index is 0.0108. The maximum absolute atomic E-state index is 6.11. The highest BCUT2D eigenvalue weighted by atomic mass is 35.5. The van der Waals surface area contributed by atoms with Gasteiger partial charge in [0.05, 0.1) is 10.0 Å². The Labute approximate surface area is 113 Å². The zero-order valence-corrected chi connectivity index (χ0v) is 12.0. The maximum atomic E-state index is 6.11. The smallest absolute Gasteiger partial charge is 0.147 e. The van der Waals surface area contributed by atoms with E-state index in [4.69, 9.17) is 28.9 Å². The molecule has 3 nitrogen and oxygen atoms in total. The Hall–Kier alpha value is -0.670. The quantitative estimate of drug-likeness (QED) is 0.840. The van der Waals surface area contributed by atoms with Gasteiger partial charge in [-0.1, -0.05) is 44.0 Å². The molecule has 1 aromatic rings. The van der Waals surface area contributed by atoms with Gasteiger partial charge in [-0.3, -0.25) is 0 Å². The van der Waals surface area contributed by atoms with Crippen LogP contribution in [0.4, 0.5) is 11.6 Å². The van der Waals surface area contributed by atoms with Gasteiger partial charge in [-0.2, -0.15) is 0 Å². The van der Waals surface area contributed by atoms with E-state index in [2.05, 4.69) is 31.1 Å². The molecule has 0 unspecified atom stereocenters. The van der Waals surface area contributed by atoms with Crippen molar-refractivity contribution in [2.75, 3.05) is 11.1 Å². The predicted octanol–water partition coefficient (Wildman–Crippen LogP) is 4.35. The Bertz CT molecular complexity index is 381. The van der Waals surface area contributed by atoms with Crippen LogP contribution in [0.25, 0.3) is 0 Å². The van der Waals surface area contributed by atoms with E-state index in [1.54, 1.807) is 6.07 Å². The number of nitrogen functional groups attached to an aromatic ring is 1. The van der Waals surface area contributed by atoms with E-state index in [-0.39, 0.29) is 5.54 Å². The van der Waals surface area contributed by atoms with Crippen LogP contribution in [0.3, 0.4) is 0 Å². The minimum Gasteiger partial charge on any atom is -0.382 e. The van der Waals surface area contributed by atoms with Crippen LogP contribution in [0.5, 0.6) is 0 Å². The van der Waals surface area contributed by atoms with Crippen LogP contribution in [-0.2, 0) is 0 Å². The standard InChI is InChI=1S/C12H19Cl2N3/c1-4-12(5-2,6-3)17-11-9(14)7-8(13)10(15)16-11/h7H,4-6H2,1-3H3,(H3,15,16,17). The molecule has 96 valence electrons. The van der Waals surface area contributed by atoms with Crippen molar-refractivity contribution in [3.8, 4) is 0 Å². The fourth-order valence-electron chi connectivity index (χ4n) is 1.83. The second kappa shape index (κ2) is 5.78. The molecule has 0 fully saturated rings. The van der Waals surface area contributed by atoms with Gasteiger partial charge in [0.1, 0.15) is 11.6 Å². The fourth-order valence-corrected chi connectivity index (χ4v) is 2.24. The highest BCUT2D eigenvalue weighted by Crippen LogP contribution is 2.32. The van der Waals surface area contributed by atoms with Crippen LogP contribution in [0.1, 0.15) is 40.0 Å². The summed E-state index contributed by atoms with van der Waals surface area (Å²) in [5.74, 6) is 0.912. The number of aromatic nitrogens is 1. The lowest BCUT2D eigenvalue weighted by molar-refractivity contribution is 0.419. The normalized spacial score (nSPS) is 11.6. The molecule has 1 aromatic heterocycles. The zero-order valence-electron chi connectivity index (χ0n) is 10.5. The summed E-state index contributed by atoms with van der Waals surface area (Å²) in [6, 6.07) is 1.62. The molecule has 3 N–H and O–H groups in total. The maximum Gasteiger partial charge on any atom is 0.147 e. The van der Waals surface area contributed by atoms with Crippen molar-refractivity contribution in [2.45, 2.75) is 45.6 Å². The molecule has 0 saturated heterocycles. The molecule has 0 atom stereocenters. The molecule has 0 aliphatic carbocycles. The summed E-state index contributed by atoms with van der Waals surface area (Å²) < 4.78 is 0. The second-order valence-electron chi connectivity index (χ2n) is 4.15. The van der Waals surface area contributed by atoms with Crippen LogP contribution in [0.2, 0.25) is 10.0 Å². The summed E-state index contributed by atoms with van der Waals surface area (Å²) in [4.78, 5) is 4.20. The van der Waals surface area contributed by atoms with Crippen LogP contribution in [-0.4, -0.2) is 10.5 Å². The highest BCUT2D eigenvalue weighted by molar-refractivity contribution is 6.37. The highest BCUT2D eigenvalue weighted by Gasteiger charge is 2.25. The lowest BCUT2D eigenvalue weighted by Gasteiger charge is -2.32. The Morgan fingerprint density at radius 3 is 2.18 bits per heavy atom. The lowest BCUT2D eigenvalue weighted by Crippen LogP contribution is -2.36. The Kier molecular flexibility index (Phi) is 4.90. The van der Waals surface area contributed by atoms with Gasteiger partial charge in [0.25, 0.3) is 0 Å². The number of pyridine rings is 1. The van der Waals surface area contributed by atoms with E-state index in [0.717, 1.165) is 19.3 Å². The summed E-state index contributed by atoms with van der Waals surface area (Å²) in [6.45, 7) is 6.44. The van der Waals surface area contributed by atoms with Gasteiger partial charge >= 0.3 is 0 Å². The van der Waals surface area contributed by atoms with Crippen molar-refractivity contribution < 1.29 is 0 Å². The first kappa shape index (κ1) is 14.4. The Balaban J connectivity index is 3.05. The fraction of sp³-hybridized carbons (Fsp3) is 0.583. The molecule has 5 heteroatoms. The third-order valence-corrected chi connectivity index (χ3v) is 3.96. The molecule has 0 amide bonds. The molecule has 1 heterocycles. The average molecular weight is 276 g/mol. The van der Waals surface area contributed by atoms with Crippen LogP contribution < -0.4 is 11.1 Å². The van der Waals surface area contributed by atoms with Gasteiger partial charge in [0.2, 0.25) is 0 Å². The van der Waals surface area contributed by atoms with Gasteiger partial charge in [-0.05, 0) is 25.3 Å². The van der Waals surface area contributed by atoms with Crippen molar-refractivity contribution in [2.24, 2.45) is 0 Å². The van der Waals surface area contributed by atoms with Crippen molar-refractivity contribution in [1.82, 2.24) is 4.98 Å². The van der Waals surface area contributed by atoms with E-state index >= 15 is 0 Å². The zero-order chi connectivity index (χ0) is 13.1. The van der Waals surface area contributed by atoms with Crippen molar-refractivity contribution in [3.63, 3.8) is 0 Å². The molecule has 0 aliphatic rings.